The Labute approximate surface area is 154 Å². The van der Waals surface area contributed by atoms with Crippen molar-refractivity contribution in [3.8, 4) is 23.2 Å². The second kappa shape index (κ2) is 6.41. The molecule has 1 aromatic heterocycles. The Morgan fingerprint density at radius 1 is 1.28 bits per heavy atom. The van der Waals surface area contributed by atoms with Crippen LogP contribution in [-0.4, -0.2) is 10.2 Å². The van der Waals surface area contributed by atoms with Crippen molar-refractivity contribution in [2.24, 2.45) is 11.7 Å². The van der Waals surface area contributed by atoms with Crippen molar-refractivity contribution in [1.82, 2.24) is 10.2 Å². The van der Waals surface area contributed by atoms with Gasteiger partial charge in [0.25, 0.3) is 0 Å². The SMILES string of the molecule is N#CC1=C(N)Oc2n[nH]c(-c3ccc(Br)cc3)c2[C@@H]1[C@H]1CC=CCC1. The van der Waals surface area contributed by atoms with E-state index in [1.54, 1.807) is 0 Å². The summed E-state index contributed by atoms with van der Waals surface area (Å²) in [7, 11) is 0. The van der Waals surface area contributed by atoms with Gasteiger partial charge in [-0.05, 0) is 37.3 Å². The van der Waals surface area contributed by atoms with E-state index in [9.17, 15) is 5.26 Å². The molecule has 3 N–H and O–H groups in total. The molecule has 0 amide bonds. The molecule has 2 aliphatic rings. The summed E-state index contributed by atoms with van der Waals surface area (Å²) in [5.74, 6) is 0.862. The fourth-order valence-corrected chi connectivity index (χ4v) is 3.97. The number of ether oxygens (including phenoxy) is 1. The summed E-state index contributed by atoms with van der Waals surface area (Å²) in [4.78, 5) is 0. The molecule has 0 spiro atoms. The first kappa shape index (κ1) is 16.0. The van der Waals surface area contributed by atoms with Crippen molar-refractivity contribution >= 4 is 15.9 Å². The molecule has 0 fully saturated rings. The maximum Gasteiger partial charge on any atom is 0.244 e. The van der Waals surface area contributed by atoms with E-state index in [1.165, 1.54) is 0 Å². The van der Waals surface area contributed by atoms with Gasteiger partial charge in [0.1, 0.15) is 6.07 Å². The van der Waals surface area contributed by atoms with Crippen LogP contribution in [-0.2, 0) is 0 Å². The Morgan fingerprint density at radius 3 is 2.76 bits per heavy atom. The van der Waals surface area contributed by atoms with E-state index in [0.717, 1.165) is 40.6 Å². The number of nitrogens with zero attached hydrogens (tertiary/aromatic N) is 2. The lowest BCUT2D eigenvalue weighted by molar-refractivity contribution is 0.340. The van der Waals surface area contributed by atoms with E-state index < -0.39 is 0 Å². The van der Waals surface area contributed by atoms with E-state index in [2.05, 4.69) is 44.3 Å². The molecular formula is C19H17BrN4O. The number of H-pyrrole nitrogens is 1. The minimum Gasteiger partial charge on any atom is -0.420 e. The highest BCUT2D eigenvalue weighted by Crippen LogP contribution is 2.48. The van der Waals surface area contributed by atoms with Crippen LogP contribution in [0.5, 0.6) is 5.88 Å². The van der Waals surface area contributed by atoms with Crippen molar-refractivity contribution in [2.75, 3.05) is 0 Å². The van der Waals surface area contributed by atoms with Crippen LogP contribution in [0.2, 0.25) is 0 Å². The van der Waals surface area contributed by atoms with Crippen molar-refractivity contribution < 1.29 is 4.74 Å². The quantitative estimate of drug-likeness (QED) is 0.737. The maximum atomic E-state index is 9.70. The second-order valence-electron chi connectivity index (χ2n) is 6.34. The van der Waals surface area contributed by atoms with Gasteiger partial charge in [-0.1, -0.05) is 40.2 Å². The minimum absolute atomic E-state index is 0.101. The van der Waals surface area contributed by atoms with E-state index in [0.29, 0.717) is 17.4 Å². The lowest BCUT2D eigenvalue weighted by atomic mass is 9.74. The number of benzene rings is 1. The standard InChI is InChI=1S/C19H17BrN4O/c20-13-8-6-12(7-9-13)17-16-15(11-4-2-1-3-5-11)14(10-21)18(22)25-19(16)24-23-17/h1-2,6-9,11,15H,3-5,22H2,(H,23,24)/t11-,15+/m0/s1. The monoisotopic (exact) mass is 396 g/mol. The number of hydrogen-bond acceptors (Lipinski definition) is 4. The number of hydrogen-bond donors (Lipinski definition) is 2. The van der Waals surface area contributed by atoms with Gasteiger partial charge >= 0.3 is 0 Å². The number of rotatable bonds is 2. The van der Waals surface area contributed by atoms with Gasteiger partial charge in [0.2, 0.25) is 11.8 Å². The summed E-state index contributed by atoms with van der Waals surface area (Å²) in [5.41, 5.74) is 9.37. The summed E-state index contributed by atoms with van der Waals surface area (Å²) in [5, 5.41) is 17.1. The molecule has 0 saturated carbocycles. The summed E-state index contributed by atoms with van der Waals surface area (Å²) < 4.78 is 6.66. The summed E-state index contributed by atoms with van der Waals surface area (Å²) in [6, 6.07) is 10.3. The zero-order chi connectivity index (χ0) is 17.4. The molecule has 1 aliphatic carbocycles. The molecule has 5 nitrogen and oxygen atoms in total. The molecule has 6 heteroatoms. The average molecular weight is 397 g/mol. The Hall–Kier alpha value is -2.52. The fourth-order valence-electron chi connectivity index (χ4n) is 3.71. The third kappa shape index (κ3) is 2.75. The normalized spacial score (nSPS) is 22.2. The van der Waals surface area contributed by atoms with Crippen LogP contribution in [0.3, 0.4) is 0 Å². The molecule has 25 heavy (non-hydrogen) atoms. The van der Waals surface area contributed by atoms with Gasteiger partial charge in [-0.3, -0.25) is 5.10 Å². The number of nitriles is 1. The number of allylic oxidation sites excluding steroid dienone is 3. The Bertz CT molecular complexity index is 904. The molecule has 0 unspecified atom stereocenters. The Morgan fingerprint density at radius 2 is 2.08 bits per heavy atom. The van der Waals surface area contributed by atoms with Crippen LogP contribution in [0, 0.1) is 17.2 Å². The highest BCUT2D eigenvalue weighted by molar-refractivity contribution is 9.10. The molecule has 0 radical (unpaired) electrons. The first-order valence-corrected chi connectivity index (χ1v) is 9.05. The van der Waals surface area contributed by atoms with E-state index in [4.69, 9.17) is 10.5 Å². The van der Waals surface area contributed by atoms with Crippen LogP contribution < -0.4 is 10.5 Å². The number of aromatic amines is 1. The van der Waals surface area contributed by atoms with Crippen LogP contribution >= 0.6 is 15.9 Å². The maximum absolute atomic E-state index is 9.70. The first-order valence-electron chi connectivity index (χ1n) is 8.26. The molecule has 2 heterocycles. The topological polar surface area (TPSA) is 87.7 Å². The third-order valence-electron chi connectivity index (χ3n) is 4.90. The largest absolute Gasteiger partial charge is 0.420 e. The minimum atomic E-state index is -0.101. The zero-order valence-corrected chi connectivity index (χ0v) is 15.1. The predicted molar refractivity (Wildman–Crippen MR) is 98.4 cm³/mol. The average Bonchev–Trinajstić information content (AvgIpc) is 3.05. The number of halogens is 1. The molecule has 2 atom stereocenters. The first-order chi connectivity index (χ1) is 12.2. The van der Waals surface area contributed by atoms with Gasteiger partial charge in [0, 0.05) is 16.0 Å². The highest BCUT2D eigenvalue weighted by Gasteiger charge is 2.38. The highest BCUT2D eigenvalue weighted by atomic mass is 79.9. The molecule has 1 aliphatic heterocycles. The molecule has 0 bridgehead atoms. The molecular weight excluding hydrogens is 380 g/mol. The van der Waals surface area contributed by atoms with E-state index >= 15 is 0 Å². The second-order valence-corrected chi connectivity index (χ2v) is 7.25. The molecule has 0 saturated heterocycles. The number of nitrogens with one attached hydrogen (secondary N) is 1. The van der Waals surface area contributed by atoms with Crippen molar-refractivity contribution in [1.29, 1.82) is 5.26 Å². The van der Waals surface area contributed by atoms with Crippen LogP contribution in [0.4, 0.5) is 0 Å². The predicted octanol–water partition coefficient (Wildman–Crippen LogP) is 4.37. The van der Waals surface area contributed by atoms with E-state index in [-0.39, 0.29) is 11.8 Å². The van der Waals surface area contributed by atoms with Gasteiger partial charge in [-0.15, -0.1) is 5.10 Å². The Balaban J connectivity index is 1.86. The smallest absolute Gasteiger partial charge is 0.244 e. The van der Waals surface area contributed by atoms with Crippen molar-refractivity contribution in [2.45, 2.75) is 25.2 Å². The van der Waals surface area contributed by atoms with Crippen LogP contribution in [0.15, 0.2) is 52.3 Å². The van der Waals surface area contributed by atoms with Crippen LogP contribution in [0.25, 0.3) is 11.3 Å². The molecule has 1 aromatic carbocycles. The van der Waals surface area contributed by atoms with Crippen molar-refractivity contribution in [3.05, 3.63) is 57.9 Å². The number of fused-ring (bicyclic) bond motifs is 1. The third-order valence-corrected chi connectivity index (χ3v) is 5.43. The number of nitrogens with two attached hydrogens (primary N) is 1. The van der Waals surface area contributed by atoms with Gasteiger partial charge in [0.15, 0.2) is 0 Å². The summed E-state index contributed by atoms with van der Waals surface area (Å²) in [6.07, 6.45) is 7.34. The lowest BCUT2D eigenvalue weighted by Crippen LogP contribution is -2.25. The fraction of sp³-hybridized carbons (Fsp3) is 0.263. The summed E-state index contributed by atoms with van der Waals surface area (Å²) >= 11 is 3.46. The molecule has 126 valence electrons. The van der Waals surface area contributed by atoms with Gasteiger partial charge in [-0.25, -0.2) is 0 Å². The zero-order valence-electron chi connectivity index (χ0n) is 13.5. The van der Waals surface area contributed by atoms with E-state index in [1.807, 2.05) is 24.3 Å². The molecule has 4 rings (SSSR count). The number of aromatic nitrogens is 2. The van der Waals surface area contributed by atoms with Crippen LogP contribution in [0.1, 0.15) is 30.7 Å². The Kier molecular flexibility index (Phi) is 4.10. The lowest BCUT2D eigenvalue weighted by Gasteiger charge is -2.31. The van der Waals surface area contributed by atoms with Gasteiger partial charge in [0.05, 0.1) is 16.8 Å². The van der Waals surface area contributed by atoms with Gasteiger partial charge < -0.3 is 10.5 Å². The molecule has 2 aromatic rings. The van der Waals surface area contributed by atoms with Crippen molar-refractivity contribution in [3.63, 3.8) is 0 Å². The van der Waals surface area contributed by atoms with Gasteiger partial charge in [-0.2, -0.15) is 5.26 Å². The summed E-state index contributed by atoms with van der Waals surface area (Å²) in [6.45, 7) is 0.